The number of sulfonamides is 1. The Morgan fingerprint density at radius 2 is 1.62 bits per heavy atom. The minimum Gasteiger partial charge on any atom is -0.357 e. The highest BCUT2D eigenvalue weighted by molar-refractivity contribution is 7.92. The summed E-state index contributed by atoms with van der Waals surface area (Å²) in [5, 5.41) is 2.27. The molecule has 3 rings (SSSR count). The van der Waals surface area contributed by atoms with E-state index in [9.17, 15) is 31.2 Å². The number of alkyl halides is 3. The zero-order chi connectivity index (χ0) is 29.7. The zero-order valence-corrected chi connectivity index (χ0v) is 23.6. The van der Waals surface area contributed by atoms with E-state index in [1.54, 1.807) is 42.5 Å². The van der Waals surface area contributed by atoms with Crippen LogP contribution in [-0.4, -0.2) is 51.0 Å². The molecular formula is C28H29ClF3N3O4S. The molecule has 0 aliphatic rings. The van der Waals surface area contributed by atoms with Gasteiger partial charge in [-0.15, -0.1) is 0 Å². The molecule has 1 N–H and O–H groups in total. The molecule has 3 aromatic rings. The van der Waals surface area contributed by atoms with Gasteiger partial charge in [-0.2, -0.15) is 13.2 Å². The molecule has 0 bridgehead atoms. The predicted octanol–water partition coefficient (Wildman–Crippen LogP) is 4.82. The number of hydrogen-bond acceptors (Lipinski definition) is 4. The molecule has 1 atom stereocenters. The van der Waals surface area contributed by atoms with Crippen molar-refractivity contribution in [2.45, 2.75) is 32.1 Å². The maximum atomic E-state index is 13.9. The molecule has 0 radical (unpaired) electrons. The van der Waals surface area contributed by atoms with Crippen LogP contribution in [0.15, 0.2) is 72.8 Å². The number of amides is 2. The van der Waals surface area contributed by atoms with Gasteiger partial charge in [-0.3, -0.25) is 13.9 Å². The number of hydrogen-bond donors (Lipinski definition) is 1. The van der Waals surface area contributed by atoms with Crippen molar-refractivity contribution < 1.29 is 31.2 Å². The second-order valence-electron chi connectivity index (χ2n) is 9.20. The van der Waals surface area contributed by atoms with Crippen molar-refractivity contribution in [3.05, 3.63) is 100 Å². The first-order valence-electron chi connectivity index (χ1n) is 12.2. The zero-order valence-electron chi connectivity index (χ0n) is 22.1. The van der Waals surface area contributed by atoms with Crippen LogP contribution in [0.2, 0.25) is 5.02 Å². The van der Waals surface area contributed by atoms with E-state index in [1.165, 1.54) is 11.9 Å². The number of carbonyl (C=O) groups excluding carboxylic acids is 2. The molecule has 0 aromatic heterocycles. The van der Waals surface area contributed by atoms with Crippen LogP contribution in [-0.2, 0) is 38.8 Å². The second kappa shape index (κ2) is 12.7. The van der Waals surface area contributed by atoms with E-state index in [-0.39, 0.29) is 18.0 Å². The van der Waals surface area contributed by atoms with Gasteiger partial charge in [-0.25, -0.2) is 8.42 Å². The quantitative estimate of drug-likeness (QED) is 0.364. The standard InChI is InChI=1S/C28H29ClF3N3O4S/c1-19-9-7-8-12-21(19)17-34(25(27(37)33-2)15-20-10-5-4-6-11-20)26(36)18-35(40(3,38)39)24-16-22(28(30,31)32)13-14-23(24)29/h4-14,16,25H,15,17-18H2,1-3H3,(H,33,37)/t25-/m1/s1. The SMILES string of the molecule is CNC(=O)[C@@H](Cc1ccccc1)N(Cc1ccccc1C)C(=O)CN(c1cc(C(F)(F)F)ccc1Cl)S(C)(=O)=O. The summed E-state index contributed by atoms with van der Waals surface area (Å²) in [6, 6.07) is 17.3. The number of likely N-dealkylation sites (N-methyl/N-ethyl adjacent to an activating group) is 1. The summed E-state index contributed by atoms with van der Waals surface area (Å²) in [7, 11) is -2.87. The lowest BCUT2D eigenvalue weighted by atomic mass is 10.0. The van der Waals surface area contributed by atoms with Crippen LogP contribution in [0.25, 0.3) is 0 Å². The fourth-order valence-corrected chi connectivity index (χ4v) is 5.29. The lowest BCUT2D eigenvalue weighted by Crippen LogP contribution is -2.53. The highest BCUT2D eigenvalue weighted by atomic mass is 35.5. The van der Waals surface area contributed by atoms with Crippen LogP contribution in [0.5, 0.6) is 0 Å². The summed E-state index contributed by atoms with van der Waals surface area (Å²) in [6.07, 6.45) is -3.90. The van der Waals surface area contributed by atoms with Crippen molar-refractivity contribution in [3.63, 3.8) is 0 Å². The summed E-state index contributed by atoms with van der Waals surface area (Å²) >= 11 is 6.14. The van der Waals surface area contributed by atoms with E-state index in [1.807, 2.05) is 19.1 Å². The predicted molar refractivity (Wildman–Crippen MR) is 148 cm³/mol. The van der Waals surface area contributed by atoms with Crippen LogP contribution in [0.4, 0.5) is 18.9 Å². The maximum absolute atomic E-state index is 13.9. The Morgan fingerprint density at radius 1 is 1.00 bits per heavy atom. The van der Waals surface area contributed by atoms with E-state index < -0.39 is 51.9 Å². The number of carbonyl (C=O) groups is 2. The van der Waals surface area contributed by atoms with Crippen molar-refractivity contribution in [2.24, 2.45) is 0 Å². The third-order valence-electron chi connectivity index (χ3n) is 6.34. The fraction of sp³-hybridized carbons (Fsp3) is 0.286. The highest BCUT2D eigenvalue weighted by Crippen LogP contribution is 2.36. The third kappa shape index (κ3) is 7.76. The Hall–Kier alpha value is -3.57. The first-order valence-corrected chi connectivity index (χ1v) is 14.4. The highest BCUT2D eigenvalue weighted by Gasteiger charge is 2.35. The Bertz CT molecular complexity index is 1470. The number of nitrogens with one attached hydrogen (secondary N) is 1. The third-order valence-corrected chi connectivity index (χ3v) is 7.79. The van der Waals surface area contributed by atoms with Crippen molar-refractivity contribution in [2.75, 3.05) is 24.2 Å². The summed E-state index contributed by atoms with van der Waals surface area (Å²) in [4.78, 5) is 28.3. The van der Waals surface area contributed by atoms with Gasteiger partial charge >= 0.3 is 6.18 Å². The number of aryl methyl sites for hydroxylation is 1. The molecule has 0 unspecified atom stereocenters. The Morgan fingerprint density at radius 3 is 2.20 bits per heavy atom. The summed E-state index contributed by atoms with van der Waals surface area (Å²) in [6.45, 7) is 0.897. The van der Waals surface area contributed by atoms with E-state index >= 15 is 0 Å². The lowest BCUT2D eigenvalue weighted by molar-refractivity contribution is -0.139. The van der Waals surface area contributed by atoms with Gasteiger partial charge < -0.3 is 10.2 Å². The molecule has 2 amide bonds. The van der Waals surface area contributed by atoms with E-state index in [4.69, 9.17) is 11.6 Å². The van der Waals surface area contributed by atoms with Gasteiger partial charge in [0.25, 0.3) is 0 Å². The Balaban J connectivity index is 2.10. The average molecular weight is 596 g/mol. The van der Waals surface area contributed by atoms with Crippen molar-refractivity contribution in [1.29, 1.82) is 0 Å². The van der Waals surface area contributed by atoms with E-state index in [0.29, 0.717) is 15.9 Å². The van der Waals surface area contributed by atoms with Gasteiger partial charge in [0.2, 0.25) is 21.8 Å². The molecule has 0 saturated carbocycles. The minimum absolute atomic E-state index is 0.0512. The normalized spacial score (nSPS) is 12.5. The molecule has 0 aliphatic carbocycles. The molecule has 0 saturated heterocycles. The van der Waals surface area contributed by atoms with E-state index in [2.05, 4.69) is 5.32 Å². The molecule has 7 nitrogen and oxygen atoms in total. The smallest absolute Gasteiger partial charge is 0.357 e. The molecule has 0 spiro atoms. The summed E-state index contributed by atoms with van der Waals surface area (Å²) < 4.78 is 66.5. The van der Waals surface area contributed by atoms with Gasteiger partial charge in [-0.05, 0) is 41.8 Å². The fourth-order valence-electron chi connectivity index (χ4n) is 4.17. The Labute approximate surface area is 236 Å². The monoisotopic (exact) mass is 595 g/mol. The van der Waals surface area contributed by atoms with Crippen LogP contribution in [0.3, 0.4) is 0 Å². The molecule has 3 aromatic carbocycles. The lowest BCUT2D eigenvalue weighted by Gasteiger charge is -2.33. The van der Waals surface area contributed by atoms with Gasteiger partial charge in [0, 0.05) is 20.0 Å². The van der Waals surface area contributed by atoms with Crippen LogP contribution in [0, 0.1) is 6.92 Å². The van der Waals surface area contributed by atoms with E-state index in [0.717, 1.165) is 29.5 Å². The van der Waals surface area contributed by atoms with Gasteiger partial charge in [0.05, 0.1) is 22.5 Å². The van der Waals surface area contributed by atoms with Gasteiger partial charge in [-0.1, -0.05) is 66.2 Å². The summed E-state index contributed by atoms with van der Waals surface area (Å²) in [5.74, 6) is -1.29. The van der Waals surface area contributed by atoms with Crippen LogP contribution >= 0.6 is 11.6 Å². The number of anilines is 1. The number of rotatable bonds is 10. The van der Waals surface area contributed by atoms with Gasteiger partial charge in [0.1, 0.15) is 12.6 Å². The largest absolute Gasteiger partial charge is 0.416 e. The first kappa shape index (κ1) is 31.0. The maximum Gasteiger partial charge on any atom is 0.416 e. The minimum atomic E-state index is -4.77. The van der Waals surface area contributed by atoms with Crippen molar-refractivity contribution in [1.82, 2.24) is 10.2 Å². The number of benzene rings is 3. The summed E-state index contributed by atoms with van der Waals surface area (Å²) in [5.41, 5.74) is 0.664. The molecule has 0 fully saturated rings. The number of nitrogens with zero attached hydrogens (tertiary/aromatic N) is 2. The number of halogens is 4. The Kier molecular flexibility index (Phi) is 9.86. The van der Waals surface area contributed by atoms with Crippen LogP contribution < -0.4 is 9.62 Å². The van der Waals surface area contributed by atoms with Crippen LogP contribution in [0.1, 0.15) is 22.3 Å². The molecule has 0 aliphatic heterocycles. The van der Waals surface area contributed by atoms with Crippen molar-refractivity contribution in [3.8, 4) is 0 Å². The first-order chi connectivity index (χ1) is 18.7. The van der Waals surface area contributed by atoms with Gasteiger partial charge in [0.15, 0.2) is 0 Å². The molecule has 12 heteroatoms. The topological polar surface area (TPSA) is 86.8 Å². The average Bonchev–Trinajstić information content (AvgIpc) is 2.89. The van der Waals surface area contributed by atoms with Crippen molar-refractivity contribution >= 4 is 39.1 Å². The molecule has 0 heterocycles. The second-order valence-corrected chi connectivity index (χ2v) is 11.5. The molecule has 214 valence electrons. The molecular weight excluding hydrogens is 567 g/mol. The molecule has 40 heavy (non-hydrogen) atoms.